The van der Waals surface area contributed by atoms with E-state index in [1.807, 2.05) is 17.5 Å². The number of benzene rings is 1. The summed E-state index contributed by atoms with van der Waals surface area (Å²) in [7, 11) is 0. The molecule has 0 saturated carbocycles. The third-order valence-electron chi connectivity index (χ3n) is 2.76. The number of thiazole rings is 1. The number of phenolic OH excluding ortho intramolecular Hbond substituents is 1. The highest BCUT2D eigenvalue weighted by Gasteiger charge is 2.15. The molecule has 2 N–H and O–H groups in total. The number of aromatic hydroxyl groups is 1. The largest absolute Gasteiger partial charge is 0.506 e. The third-order valence-corrected chi connectivity index (χ3v) is 6.48. The first kappa shape index (κ1) is 15.7. The van der Waals surface area contributed by atoms with Gasteiger partial charge in [0.15, 0.2) is 0 Å². The van der Waals surface area contributed by atoms with Crippen molar-refractivity contribution in [3.8, 4) is 27.7 Å². The second-order valence-corrected chi connectivity index (χ2v) is 8.44. The van der Waals surface area contributed by atoms with Gasteiger partial charge in [0.25, 0.3) is 0 Å². The van der Waals surface area contributed by atoms with Crippen molar-refractivity contribution >= 4 is 75.1 Å². The first-order chi connectivity index (χ1) is 9.95. The van der Waals surface area contributed by atoms with Gasteiger partial charge in [-0.25, -0.2) is 4.98 Å². The minimum atomic E-state index is 0.184. The number of rotatable bonds is 2. The van der Waals surface area contributed by atoms with E-state index in [9.17, 15) is 5.11 Å². The normalized spacial score (nSPS) is 11.0. The average molecular weight is 558 g/mol. The molecule has 21 heavy (non-hydrogen) atoms. The fraction of sp³-hybridized carbons (Fsp3) is 0. The number of hydrogen-bond acceptors (Lipinski definition) is 3. The maximum atomic E-state index is 10.2. The SMILES string of the molecule is Oc1c(Br)cc(Br)cc1-c1csc(-c2cc(Br)c(Br)[nH]2)n1. The number of H-pyrrole nitrogens is 1. The molecule has 0 aliphatic rings. The number of halogens is 4. The Bertz CT molecular complexity index is 808. The summed E-state index contributed by atoms with van der Waals surface area (Å²) in [4.78, 5) is 7.79. The van der Waals surface area contributed by atoms with Crippen molar-refractivity contribution in [1.82, 2.24) is 9.97 Å². The van der Waals surface area contributed by atoms with E-state index in [1.165, 1.54) is 11.3 Å². The Morgan fingerprint density at radius 2 is 1.81 bits per heavy atom. The van der Waals surface area contributed by atoms with Crippen LogP contribution < -0.4 is 0 Å². The van der Waals surface area contributed by atoms with Crippen molar-refractivity contribution in [2.24, 2.45) is 0 Å². The molecule has 0 fully saturated rings. The monoisotopic (exact) mass is 554 g/mol. The second kappa shape index (κ2) is 6.16. The highest BCUT2D eigenvalue weighted by atomic mass is 79.9. The van der Waals surface area contributed by atoms with Crippen LogP contribution in [0.15, 0.2) is 41.6 Å². The van der Waals surface area contributed by atoms with E-state index in [-0.39, 0.29) is 5.75 Å². The molecule has 0 saturated heterocycles. The van der Waals surface area contributed by atoms with Crippen molar-refractivity contribution in [2.45, 2.75) is 0 Å². The van der Waals surface area contributed by atoms with Crippen LogP contribution in [0.3, 0.4) is 0 Å². The van der Waals surface area contributed by atoms with Crippen LogP contribution in [0.2, 0.25) is 0 Å². The molecule has 0 atom stereocenters. The lowest BCUT2D eigenvalue weighted by molar-refractivity contribution is 0.473. The van der Waals surface area contributed by atoms with Gasteiger partial charge in [-0.2, -0.15) is 0 Å². The lowest BCUT2D eigenvalue weighted by Gasteiger charge is -2.04. The molecule has 2 aromatic heterocycles. The van der Waals surface area contributed by atoms with E-state index >= 15 is 0 Å². The van der Waals surface area contributed by atoms with Gasteiger partial charge in [0.05, 0.1) is 24.9 Å². The Morgan fingerprint density at radius 3 is 2.48 bits per heavy atom. The lowest BCUT2D eigenvalue weighted by Crippen LogP contribution is -1.83. The Hall–Kier alpha value is -0.150. The van der Waals surface area contributed by atoms with Crippen molar-refractivity contribution in [2.75, 3.05) is 0 Å². The van der Waals surface area contributed by atoms with Crippen LogP contribution in [0, 0.1) is 0 Å². The fourth-order valence-electron chi connectivity index (χ4n) is 1.80. The van der Waals surface area contributed by atoms with E-state index in [0.29, 0.717) is 10.0 Å². The smallest absolute Gasteiger partial charge is 0.140 e. The molecule has 0 aliphatic heterocycles. The molecule has 0 unspecified atom stereocenters. The van der Waals surface area contributed by atoms with Gasteiger partial charge in [0.2, 0.25) is 0 Å². The Labute approximate surface area is 158 Å². The van der Waals surface area contributed by atoms with Crippen LogP contribution in [0.25, 0.3) is 22.0 Å². The predicted molar refractivity (Wildman–Crippen MR) is 99.8 cm³/mol. The molecular weight excluding hydrogens is 552 g/mol. The molecule has 0 radical (unpaired) electrons. The summed E-state index contributed by atoms with van der Waals surface area (Å²) in [6.45, 7) is 0. The van der Waals surface area contributed by atoms with Crippen LogP contribution in [0.5, 0.6) is 5.75 Å². The van der Waals surface area contributed by atoms with E-state index in [1.54, 1.807) is 6.07 Å². The molecule has 3 nitrogen and oxygen atoms in total. The highest BCUT2D eigenvalue weighted by molar-refractivity contribution is 9.13. The molecule has 1 aromatic carbocycles. The molecule has 3 rings (SSSR count). The van der Waals surface area contributed by atoms with E-state index in [4.69, 9.17) is 0 Å². The number of phenols is 1. The highest BCUT2D eigenvalue weighted by Crippen LogP contribution is 2.40. The lowest BCUT2D eigenvalue weighted by atomic mass is 10.1. The number of nitrogens with one attached hydrogen (secondary N) is 1. The second-order valence-electron chi connectivity index (χ2n) is 4.17. The van der Waals surface area contributed by atoms with Crippen LogP contribution in [0.1, 0.15) is 0 Å². The van der Waals surface area contributed by atoms with Crippen LogP contribution >= 0.6 is 75.1 Å². The number of nitrogens with zero attached hydrogens (tertiary/aromatic N) is 1. The van der Waals surface area contributed by atoms with Crippen molar-refractivity contribution < 1.29 is 5.11 Å². The minimum Gasteiger partial charge on any atom is -0.506 e. The van der Waals surface area contributed by atoms with Crippen molar-refractivity contribution in [3.63, 3.8) is 0 Å². The van der Waals surface area contributed by atoms with Gasteiger partial charge in [-0.3, -0.25) is 0 Å². The van der Waals surface area contributed by atoms with E-state index in [2.05, 4.69) is 73.7 Å². The number of hydrogen-bond donors (Lipinski definition) is 2. The molecule has 0 bridgehead atoms. The summed E-state index contributed by atoms with van der Waals surface area (Å²) >= 11 is 15.1. The summed E-state index contributed by atoms with van der Waals surface area (Å²) < 4.78 is 3.33. The molecule has 3 aromatic rings. The third kappa shape index (κ3) is 3.14. The summed E-state index contributed by atoms with van der Waals surface area (Å²) in [5, 5.41) is 13.0. The first-order valence-corrected chi connectivity index (χ1v) is 9.69. The Balaban J connectivity index is 2.06. The van der Waals surface area contributed by atoms with Gasteiger partial charge < -0.3 is 10.1 Å². The quantitative estimate of drug-likeness (QED) is 0.375. The van der Waals surface area contributed by atoms with Crippen molar-refractivity contribution in [3.05, 3.63) is 41.6 Å². The standard InChI is InChI=1S/C13H6Br4N2OS/c14-5-1-6(11(20)7(15)2-5)10-4-21-13(19-10)9-3-8(16)12(17)18-9/h1-4,18,20H. The minimum absolute atomic E-state index is 0.184. The molecule has 108 valence electrons. The molecule has 0 spiro atoms. The van der Waals surface area contributed by atoms with Gasteiger partial charge in [-0.05, 0) is 66.0 Å². The zero-order chi connectivity index (χ0) is 15.1. The number of aromatic nitrogens is 2. The van der Waals surface area contributed by atoms with Gasteiger partial charge in [0, 0.05) is 15.4 Å². The summed E-state index contributed by atoms with van der Waals surface area (Å²) in [6, 6.07) is 5.61. The fourth-order valence-corrected chi connectivity index (χ4v) is 4.47. The first-order valence-electron chi connectivity index (χ1n) is 5.64. The van der Waals surface area contributed by atoms with Gasteiger partial charge in [-0.1, -0.05) is 15.9 Å². The van der Waals surface area contributed by atoms with Gasteiger partial charge in [-0.15, -0.1) is 11.3 Å². The van der Waals surface area contributed by atoms with E-state index < -0.39 is 0 Å². The Morgan fingerprint density at radius 1 is 1.05 bits per heavy atom. The molecule has 2 heterocycles. The molecule has 0 amide bonds. The maximum Gasteiger partial charge on any atom is 0.140 e. The van der Waals surface area contributed by atoms with E-state index in [0.717, 1.165) is 29.9 Å². The molecule has 0 aliphatic carbocycles. The zero-order valence-electron chi connectivity index (χ0n) is 10.1. The molecular formula is C13H6Br4N2OS. The zero-order valence-corrected chi connectivity index (χ0v) is 17.3. The predicted octanol–water partition coefficient (Wildman–Crippen LogP) is 6.56. The summed E-state index contributed by atoms with van der Waals surface area (Å²) in [5.41, 5.74) is 2.33. The van der Waals surface area contributed by atoms with Crippen LogP contribution in [-0.2, 0) is 0 Å². The average Bonchev–Trinajstić information content (AvgIpc) is 3.02. The Kier molecular flexibility index (Phi) is 4.61. The number of aromatic amines is 1. The van der Waals surface area contributed by atoms with Crippen LogP contribution in [0.4, 0.5) is 0 Å². The maximum absolute atomic E-state index is 10.2. The van der Waals surface area contributed by atoms with Crippen LogP contribution in [-0.4, -0.2) is 15.1 Å². The van der Waals surface area contributed by atoms with Crippen molar-refractivity contribution in [1.29, 1.82) is 0 Å². The summed E-state index contributed by atoms with van der Waals surface area (Å²) in [6.07, 6.45) is 0. The molecule has 8 heteroatoms. The van der Waals surface area contributed by atoms with Gasteiger partial charge >= 0.3 is 0 Å². The summed E-state index contributed by atoms with van der Waals surface area (Å²) in [5.74, 6) is 0.184. The topological polar surface area (TPSA) is 48.9 Å². The van der Waals surface area contributed by atoms with Gasteiger partial charge in [0.1, 0.15) is 10.8 Å².